The van der Waals surface area contributed by atoms with Crippen molar-refractivity contribution in [2.45, 2.75) is 20.0 Å². The molecule has 0 bridgehead atoms. The Balaban J connectivity index is 1.97. The normalized spacial score (nSPS) is 13.9. The van der Waals surface area contributed by atoms with E-state index in [0.29, 0.717) is 0 Å². The molecule has 2 aromatic rings. The van der Waals surface area contributed by atoms with Crippen molar-refractivity contribution in [3.05, 3.63) is 63.6 Å². The van der Waals surface area contributed by atoms with Crippen molar-refractivity contribution in [3.63, 3.8) is 0 Å². The maximum atomic E-state index is 3.60. The van der Waals surface area contributed by atoms with Crippen molar-refractivity contribution < 1.29 is 0 Å². The van der Waals surface area contributed by atoms with Crippen molar-refractivity contribution in [1.82, 2.24) is 0 Å². The molecule has 0 spiro atoms. The Morgan fingerprint density at radius 2 is 1.59 bits per heavy atom. The van der Waals surface area contributed by atoms with Gasteiger partial charge in [0.05, 0.1) is 0 Å². The van der Waals surface area contributed by atoms with Crippen LogP contribution in [-0.2, 0) is 13.1 Å². The molecule has 0 atom stereocenters. The third kappa shape index (κ3) is 1.87. The summed E-state index contributed by atoms with van der Waals surface area (Å²) in [6.45, 7) is 4.21. The molecule has 17 heavy (non-hydrogen) atoms. The highest BCUT2D eigenvalue weighted by Crippen LogP contribution is 2.33. The molecule has 0 fully saturated rings. The number of halogens is 1. The van der Waals surface area contributed by atoms with E-state index in [1.165, 1.54) is 26.9 Å². The standard InChI is InChI=1S/C15H14BrN/c1-11-14(16)7-4-8-15(11)17-9-12-5-2-3-6-13(12)10-17/h2-8H,9-10H2,1H3. The molecule has 2 heteroatoms. The van der Waals surface area contributed by atoms with Crippen LogP contribution in [0.5, 0.6) is 0 Å². The van der Waals surface area contributed by atoms with Gasteiger partial charge in [0.1, 0.15) is 0 Å². The maximum absolute atomic E-state index is 3.60. The largest absolute Gasteiger partial charge is 0.363 e. The van der Waals surface area contributed by atoms with Crippen LogP contribution in [0, 0.1) is 6.92 Å². The van der Waals surface area contributed by atoms with E-state index in [4.69, 9.17) is 0 Å². The molecule has 0 aromatic heterocycles. The Kier molecular flexibility index (Phi) is 2.67. The summed E-state index contributed by atoms with van der Waals surface area (Å²) in [4.78, 5) is 2.44. The van der Waals surface area contributed by atoms with Gasteiger partial charge < -0.3 is 4.90 Å². The Hall–Kier alpha value is -1.28. The van der Waals surface area contributed by atoms with Gasteiger partial charge in [-0.15, -0.1) is 0 Å². The molecule has 0 saturated heterocycles. The lowest BCUT2D eigenvalue weighted by Crippen LogP contribution is -2.15. The Labute approximate surface area is 110 Å². The van der Waals surface area contributed by atoms with Crippen LogP contribution in [0.3, 0.4) is 0 Å². The van der Waals surface area contributed by atoms with E-state index in [-0.39, 0.29) is 0 Å². The zero-order valence-electron chi connectivity index (χ0n) is 9.78. The van der Waals surface area contributed by atoms with Gasteiger partial charge in [-0.2, -0.15) is 0 Å². The van der Waals surface area contributed by atoms with Crippen LogP contribution >= 0.6 is 15.9 Å². The predicted octanol–water partition coefficient (Wildman–Crippen LogP) is 4.28. The molecule has 1 aliphatic heterocycles. The van der Waals surface area contributed by atoms with E-state index >= 15 is 0 Å². The Bertz CT molecular complexity index is 538. The van der Waals surface area contributed by atoms with Crippen LogP contribution in [0.1, 0.15) is 16.7 Å². The third-order valence-electron chi connectivity index (χ3n) is 3.42. The summed E-state index contributed by atoms with van der Waals surface area (Å²) >= 11 is 3.60. The first kappa shape index (κ1) is 10.8. The van der Waals surface area contributed by atoms with Crippen molar-refractivity contribution in [1.29, 1.82) is 0 Å². The monoisotopic (exact) mass is 287 g/mol. The fourth-order valence-corrected chi connectivity index (χ4v) is 2.80. The van der Waals surface area contributed by atoms with Crippen molar-refractivity contribution in [2.24, 2.45) is 0 Å². The van der Waals surface area contributed by atoms with Crippen LogP contribution in [0.2, 0.25) is 0 Å². The number of hydrogen-bond donors (Lipinski definition) is 0. The summed E-state index contributed by atoms with van der Waals surface area (Å²) in [5.74, 6) is 0. The molecule has 1 nitrogen and oxygen atoms in total. The SMILES string of the molecule is Cc1c(Br)cccc1N1Cc2ccccc2C1. The van der Waals surface area contributed by atoms with E-state index in [1.807, 2.05) is 0 Å². The fourth-order valence-electron chi connectivity index (χ4n) is 2.44. The lowest BCUT2D eigenvalue weighted by atomic mass is 10.1. The molecule has 86 valence electrons. The van der Waals surface area contributed by atoms with Crippen LogP contribution < -0.4 is 4.90 Å². The average Bonchev–Trinajstić information content (AvgIpc) is 2.76. The molecular formula is C15H14BrN. The predicted molar refractivity (Wildman–Crippen MR) is 75.2 cm³/mol. The van der Waals surface area contributed by atoms with Gasteiger partial charge in [0.15, 0.2) is 0 Å². The second kappa shape index (κ2) is 4.19. The Morgan fingerprint density at radius 1 is 0.941 bits per heavy atom. The van der Waals surface area contributed by atoms with Crippen molar-refractivity contribution >= 4 is 21.6 Å². The van der Waals surface area contributed by atoms with Crippen molar-refractivity contribution in [2.75, 3.05) is 4.90 Å². The second-order valence-electron chi connectivity index (χ2n) is 4.51. The summed E-state index contributed by atoms with van der Waals surface area (Å²) < 4.78 is 1.19. The van der Waals surface area contributed by atoms with E-state index < -0.39 is 0 Å². The first-order valence-electron chi connectivity index (χ1n) is 5.82. The third-order valence-corrected chi connectivity index (χ3v) is 4.28. The lowest BCUT2D eigenvalue weighted by molar-refractivity contribution is 0.874. The molecule has 0 N–H and O–H groups in total. The van der Waals surface area contributed by atoms with Gasteiger partial charge in [0.2, 0.25) is 0 Å². The number of nitrogens with zero attached hydrogens (tertiary/aromatic N) is 1. The van der Waals surface area contributed by atoms with Gasteiger partial charge in [0, 0.05) is 23.2 Å². The van der Waals surface area contributed by atoms with Gasteiger partial charge in [0.25, 0.3) is 0 Å². The highest BCUT2D eigenvalue weighted by atomic mass is 79.9. The first-order valence-corrected chi connectivity index (χ1v) is 6.62. The zero-order valence-corrected chi connectivity index (χ0v) is 11.4. The summed E-state index contributed by atoms with van der Waals surface area (Å²) in [7, 11) is 0. The molecule has 1 aliphatic rings. The molecule has 2 aromatic carbocycles. The van der Waals surface area contributed by atoms with Gasteiger partial charge in [-0.1, -0.05) is 46.3 Å². The minimum absolute atomic E-state index is 1.02. The fraction of sp³-hybridized carbons (Fsp3) is 0.200. The number of anilines is 1. The first-order chi connectivity index (χ1) is 8.25. The minimum atomic E-state index is 1.02. The summed E-state index contributed by atoms with van der Waals surface area (Å²) in [6, 6.07) is 15.1. The summed E-state index contributed by atoms with van der Waals surface area (Å²) in [5.41, 5.74) is 5.55. The summed E-state index contributed by atoms with van der Waals surface area (Å²) in [6.07, 6.45) is 0. The van der Waals surface area contributed by atoms with Gasteiger partial charge in [-0.3, -0.25) is 0 Å². The smallest absolute Gasteiger partial charge is 0.0436 e. The highest BCUT2D eigenvalue weighted by Gasteiger charge is 2.20. The van der Waals surface area contributed by atoms with Crippen LogP contribution in [0.4, 0.5) is 5.69 Å². The van der Waals surface area contributed by atoms with Gasteiger partial charge in [-0.05, 0) is 35.7 Å². The summed E-state index contributed by atoms with van der Waals surface area (Å²) in [5, 5.41) is 0. The molecule has 0 unspecified atom stereocenters. The van der Waals surface area contributed by atoms with E-state index in [0.717, 1.165) is 13.1 Å². The Morgan fingerprint density at radius 3 is 2.24 bits per heavy atom. The van der Waals surface area contributed by atoms with Crippen LogP contribution in [0.15, 0.2) is 46.9 Å². The number of rotatable bonds is 1. The van der Waals surface area contributed by atoms with E-state index in [9.17, 15) is 0 Å². The quantitative estimate of drug-likeness (QED) is 0.757. The second-order valence-corrected chi connectivity index (χ2v) is 5.36. The molecule has 1 heterocycles. The average molecular weight is 288 g/mol. The lowest BCUT2D eigenvalue weighted by Gasteiger charge is -2.20. The van der Waals surface area contributed by atoms with Crippen molar-refractivity contribution in [3.8, 4) is 0 Å². The van der Waals surface area contributed by atoms with E-state index in [2.05, 4.69) is 70.2 Å². The molecule has 0 radical (unpaired) electrons. The topological polar surface area (TPSA) is 3.24 Å². The molecule has 0 aliphatic carbocycles. The number of benzene rings is 2. The maximum Gasteiger partial charge on any atom is 0.0436 e. The van der Waals surface area contributed by atoms with Crippen LogP contribution in [0.25, 0.3) is 0 Å². The molecular weight excluding hydrogens is 274 g/mol. The van der Waals surface area contributed by atoms with Crippen LogP contribution in [-0.4, -0.2) is 0 Å². The molecule has 0 saturated carbocycles. The molecule has 3 rings (SSSR count). The van der Waals surface area contributed by atoms with Gasteiger partial charge in [-0.25, -0.2) is 0 Å². The highest BCUT2D eigenvalue weighted by molar-refractivity contribution is 9.10. The number of fused-ring (bicyclic) bond motifs is 1. The van der Waals surface area contributed by atoms with E-state index in [1.54, 1.807) is 0 Å². The van der Waals surface area contributed by atoms with Gasteiger partial charge >= 0.3 is 0 Å². The zero-order chi connectivity index (χ0) is 11.8. The number of hydrogen-bond acceptors (Lipinski definition) is 1. The minimum Gasteiger partial charge on any atom is -0.363 e. The molecule has 0 amide bonds.